The average molecular weight is 367 g/mol. The number of aromatic nitrogens is 3. The molecule has 26 heavy (non-hydrogen) atoms. The summed E-state index contributed by atoms with van der Waals surface area (Å²) >= 11 is 0. The predicted octanol–water partition coefficient (Wildman–Crippen LogP) is 4.04. The Morgan fingerprint density at radius 3 is 1.38 bits per heavy atom. The van der Waals surface area contributed by atoms with Gasteiger partial charge in [0.1, 0.15) is 0 Å². The molecule has 0 saturated carbocycles. The van der Waals surface area contributed by atoms with E-state index < -0.39 is 0 Å². The Labute approximate surface area is 158 Å². The maximum atomic E-state index is 8.74. The van der Waals surface area contributed by atoms with Gasteiger partial charge in [-0.25, -0.2) is 0 Å². The molecule has 1 rings (SSSR count). The molecule has 0 aliphatic carbocycles. The first-order chi connectivity index (χ1) is 12.8. The Kier molecular flexibility index (Phi) is 13.5. The molecule has 0 fully saturated rings. The Bertz CT molecular complexity index is 433. The highest BCUT2D eigenvalue weighted by Crippen LogP contribution is 2.12. The van der Waals surface area contributed by atoms with Crippen molar-refractivity contribution in [2.24, 2.45) is 0 Å². The van der Waals surface area contributed by atoms with E-state index in [1.807, 2.05) is 13.8 Å². The maximum Gasteiger partial charge on any atom is 0.229 e. The van der Waals surface area contributed by atoms with Gasteiger partial charge in [-0.3, -0.25) is 0 Å². The monoisotopic (exact) mass is 366 g/mol. The Hall–Kier alpha value is -1.63. The van der Waals surface area contributed by atoms with Crippen LogP contribution in [0.15, 0.2) is 0 Å². The Balaban J connectivity index is 2.10. The molecular formula is C19H38N6O. The van der Waals surface area contributed by atoms with Crippen LogP contribution in [0.4, 0.5) is 17.8 Å². The number of anilines is 3. The summed E-state index contributed by atoms with van der Waals surface area (Å²) in [5, 5.41) is 18.3. The van der Waals surface area contributed by atoms with Gasteiger partial charge in [0, 0.05) is 26.2 Å². The van der Waals surface area contributed by atoms with Crippen LogP contribution in [0.1, 0.15) is 78.1 Å². The van der Waals surface area contributed by atoms with Crippen LogP contribution in [0.3, 0.4) is 0 Å². The van der Waals surface area contributed by atoms with Gasteiger partial charge in [0.05, 0.1) is 0 Å². The second-order valence-electron chi connectivity index (χ2n) is 6.55. The number of hydrogen-bond donors (Lipinski definition) is 4. The van der Waals surface area contributed by atoms with Crippen LogP contribution in [0.25, 0.3) is 0 Å². The molecule has 0 radical (unpaired) electrons. The van der Waals surface area contributed by atoms with Crippen molar-refractivity contribution in [1.82, 2.24) is 15.0 Å². The third-order valence-corrected chi connectivity index (χ3v) is 4.17. The summed E-state index contributed by atoms with van der Waals surface area (Å²) in [5.74, 6) is 1.86. The second kappa shape index (κ2) is 15.6. The average Bonchev–Trinajstić information content (AvgIpc) is 2.63. The van der Waals surface area contributed by atoms with Gasteiger partial charge in [0.2, 0.25) is 17.8 Å². The van der Waals surface area contributed by atoms with E-state index in [0.717, 1.165) is 32.5 Å². The van der Waals surface area contributed by atoms with Gasteiger partial charge in [0.25, 0.3) is 0 Å². The molecule has 0 unspecified atom stereocenters. The smallest absolute Gasteiger partial charge is 0.229 e. The summed E-state index contributed by atoms with van der Waals surface area (Å²) < 4.78 is 0. The first kappa shape index (κ1) is 22.4. The van der Waals surface area contributed by atoms with Crippen LogP contribution in [-0.4, -0.2) is 46.3 Å². The number of unbranched alkanes of at least 4 members (excludes halogenated alkanes) is 9. The van der Waals surface area contributed by atoms with Gasteiger partial charge in [-0.15, -0.1) is 0 Å². The fourth-order valence-corrected chi connectivity index (χ4v) is 2.78. The number of nitrogens with one attached hydrogen (secondary N) is 3. The minimum Gasteiger partial charge on any atom is -0.396 e. The van der Waals surface area contributed by atoms with E-state index >= 15 is 0 Å². The molecule has 0 aliphatic rings. The summed E-state index contributed by atoms with van der Waals surface area (Å²) in [5.41, 5.74) is 0. The van der Waals surface area contributed by atoms with Crippen LogP contribution in [-0.2, 0) is 0 Å². The van der Waals surface area contributed by atoms with E-state index in [1.165, 1.54) is 51.4 Å². The van der Waals surface area contributed by atoms with Crippen LogP contribution >= 0.6 is 0 Å². The van der Waals surface area contributed by atoms with E-state index in [9.17, 15) is 0 Å². The summed E-state index contributed by atoms with van der Waals surface area (Å²) in [6.45, 7) is 6.86. The molecule has 1 aromatic heterocycles. The van der Waals surface area contributed by atoms with Crippen molar-refractivity contribution in [3.8, 4) is 0 Å². The van der Waals surface area contributed by atoms with Crippen LogP contribution in [0.2, 0.25) is 0 Å². The van der Waals surface area contributed by atoms with Crippen molar-refractivity contribution in [3.63, 3.8) is 0 Å². The largest absolute Gasteiger partial charge is 0.396 e. The predicted molar refractivity (Wildman–Crippen MR) is 110 cm³/mol. The van der Waals surface area contributed by atoms with Gasteiger partial charge in [-0.05, 0) is 26.7 Å². The number of rotatable bonds is 17. The summed E-state index contributed by atoms with van der Waals surface area (Å²) in [4.78, 5) is 13.1. The van der Waals surface area contributed by atoms with Crippen molar-refractivity contribution in [2.75, 3.05) is 42.2 Å². The van der Waals surface area contributed by atoms with E-state index in [2.05, 4.69) is 30.9 Å². The third-order valence-electron chi connectivity index (χ3n) is 4.17. The van der Waals surface area contributed by atoms with Crippen LogP contribution in [0.5, 0.6) is 0 Å². The lowest BCUT2D eigenvalue weighted by Gasteiger charge is -2.09. The highest BCUT2D eigenvalue weighted by atomic mass is 16.2. The second-order valence-corrected chi connectivity index (χ2v) is 6.55. The van der Waals surface area contributed by atoms with E-state index in [4.69, 9.17) is 5.11 Å². The summed E-state index contributed by atoms with van der Waals surface area (Å²) in [6.07, 6.45) is 12.3. The minimum atomic E-state index is 0.339. The molecule has 4 N–H and O–H groups in total. The number of hydrogen-bond acceptors (Lipinski definition) is 7. The molecular weight excluding hydrogens is 328 g/mol. The summed E-state index contributed by atoms with van der Waals surface area (Å²) in [6, 6.07) is 0. The van der Waals surface area contributed by atoms with Gasteiger partial charge in [0.15, 0.2) is 0 Å². The fourth-order valence-electron chi connectivity index (χ4n) is 2.78. The molecule has 0 bridgehead atoms. The number of nitrogens with zero attached hydrogens (tertiary/aromatic N) is 3. The molecule has 7 nitrogen and oxygen atoms in total. The van der Waals surface area contributed by atoms with E-state index in [-0.39, 0.29) is 0 Å². The third kappa shape index (κ3) is 11.1. The standard InChI is InChI=1S/C19H38N6O/c1-3-20-17-23-18(21-4-2)25-19(24-17)22-15-13-11-9-7-5-6-8-10-12-14-16-26/h26H,3-16H2,1-2H3,(H3,20,21,22,23,24,25). The lowest BCUT2D eigenvalue weighted by atomic mass is 10.1. The molecule has 0 atom stereocenters. The zero-order chi connectivity index (χ0) is 18.9. The SMILES string of the molecule is CCNc1nc(NCC)nc(NCCCCCCCCCCCCO)n1. The molecule has 0 aromatic carbocycles. The van der Waals surface area contributed by atoms with Crippen molar-refractivity contribution >= 4 is 17.8 Å². The van der Waals surface area contributed by atoms with Gasteiger partial charge in [-0.2, -0.15) is 15.0 Å². The molecule has 0 amide bonds. The normalized spacial score (nSPS) is 10.7. The molecule has 1 aromatic rings. The van der Waals surface area contributed by atoms with Crippen molar-refractivity contribution in [2.45, 2.75) is 78.1 Å². The topological polar surface area (TPSA) is 95.0 Å². The quantitative estimate of drug-likeness (QED) is 0.309. The van der Waals surface area contributed by atoms with E-state index in [0.29, 0.717) is 24.5 Å². The minimum absolute atomic E-state index is 0.339. The van der Waals surface area contributed by atoms with Gasteiger partial charge < -0.3 is 21.1 Å². The van der Waals surface area contributed by atoms with Crippen LogP contribution in [0, 0.1) is 0 Å². The zero-order valence-corrected chi connectivity index (χ0v) is 16.7. The Morgan fingerprint density at radius 1 is 0.577 bits per heavy atom. The first-order valence-corrected chi connectivity index (χ1v) is 10.4. The zero-order valence-electron chi connectivity index (χ0n) is 16.7. The maximum absolute atomic E-state index is 8.74. The van der Waals surface area contributed by atoms with Crippen molar-refractivity contribution < 1.29 is 5.11 Å². The number of aliphatic hydroxyl groups excluding tert-OH is 1. The molecule has 7 heteroatoms. The number of aliphatic hydroxyl groups is 1. The van der Waals surface area contributed by atoms with Crippen molar-refractivity contribution in [1.29, 1.82) is 0 Å². The van der Waals surface area contributed by atoms with E-state index in [1.54, 1.807) is 0 Å². The Morgan fingerprint density at radius 2 is 0.962 bits per heavy atom. The molecule has 0 spiro atoms. The van der Waals surface area contributed by atoms with Gasteiger partial charge in [-0.1, -0.05) is 51.4 Å². The fraction of sp³-hybridized carbons (Fsp3) is 0.842. The molecule has 1 heterocycles. The highest BCUT2D eigenvalue weighted by Gasteiger charge is 2.04. The van der Waals surface area contributed by atoms with Crippen molar-refractivity contribution in [3.05, 3.63) is 0 Å². The van der Waals surface area contributed by atoms with Crippen LogP contribution < -0.4 is 16.0 Å². The molecule has 150 valence electrons. The lowest BCUT2D eigenvalue weighted by molar-refractivity contribution is 0.282. The highest BCUT2D eigenvalue weighted by molar-refractivity contribution is 5.41. The summed E-state index contributed by atoms with van der Waals surface area (Å²) in [7, 11) is 0. The van der Waals surface area contributed by atoms with Gasteiger partial charge >= 0.3 is 0 Å². The molecule has 0 aliphatic heterocycles. The first-order valence-electron chi connectivity index (χ1n) is 10.4. The molecule has 0 saturated heterocycles. The lowest BCUT2D eigenvalue weighted by Crippen LogP contribution is -2.12.